The lowest BCUT2D eigenvalue weighted by molar-refractivity contribution is -0.0176. The van der Waals surface area contributed by atoms with Crippen molar-refractivity contribution in [2.24, 2.45) is 14.1 Å². The quantitative estimate of drug-likeness (QED) is 0.154. The molecule has 54 heavy (non-hydrogen) atoms. The lowest BCUT2D eigenvalue weighted by atomic mass is 10.2. The average molecular weight is 737 g/mol. The van der Waals surface area contributed by atoms with E-state index in [1.165, 1.54) is 9.08 Å². The maximum Gasteiger partial charge on any atom is 0.315 e. The zero-order valence-electron chi connectivity index (χ0n) is 30.4. The average Bonchev–Trinajstić information content (AvgIpc) is 3.95. The molecule has 8 rings (SSSR count). The van der Waals surface area contributed by atoms with Gasteiger partial charge in [-0.3, -0.25) is 9.97 Å². The van der Waals surface area contributed by atoms with Gasteiger partial charge < -0.3 is 9.13 Å². The molecule has 6 heterocycles. The molecule has 0 unspecified atom stereocenters. The van der Waals surface area contributed by atoms with Crippen molar-refractivity contribution in [2.45, 2.75) is 52.4 Å². The summed E-state index contributed by atoms with van der Waals surface area (Å²) in [5, 5.41) is 8.24. The monoisotopic (exact) mass is 736 g/mol. The molecule has 276 valence electrons. The number of hydrogen-bond donors (Lipinski definition) is 0. The maximum atomic E-state index is 15.0. The number of aromatic nitrogens is 12. The lowest BCUT2D eigenvalue weighted by Gasteiger charge is -2.13. The van der Waals surface area contributed by atoms with Crippen molar-refractivity contribution in [3.8, 4) is 22.5 Å². The molecule has 0 bridgehead atoms. The van der Waals surface area contributed by atoms with Crippen LogP contribution in [0.4, 0.5) is 17.6 Å². The van der Waals surface area contributed by atoms with Crippen molar-refractivity contribution >= 4 is 11.3 Å². The summed E-state index contributed by atoms with van der Waals surface area (Å²) in [6, 6.07) is 18.7. The van der Waals surface area contributed by atoms with Gasteiger partial charge in [0.15, 0.2) is 22.9 Å². The fourth-order valence-electron chi connectivity index (χ4n) is 5.99. The molecular weight excluding hydrogens is 700 g/mol. The van der Waals surface area contributed by atoms with Gasteiger partial charge in [0.25, 0.3) is 0 Å². The zero-order chi connectivity index (χ0) is 38.4. The Morgan fingerprint density at radius 2 is 1.09 bits per heavy atom. The van der Waals surface area contributed by atoms with Crippen LogP contribution in [0, 0.1) is 27.7 Å². The molecule has 0 saturated carbocycles. The van der Waals surface area contributed by atoms with Gasteiger partial charge in [-0.25, -0.2) is 29.0 Å². The molecule has 0 saturated heterocycles. The van der Waals surface area contributed by atoms with Crippen molar-refractivity contribution < 1.29 is 17.6 Å². The van der Waals surface area contributed by atoms with Crippen LogP contribution in [-0.2, 0) is 38.8 Å². The normalized spacial score (nSPS) is 12.0. The van der Waals surface area contributed by atoms with E-state index in [4.69, 9.17) is 0 Å². The second-order valence-corrected chi connectivity index (χ2v) is 13.1. The minimum absolute atomic E-state index is 0.0588. The first-order chi connectivity index (χ1) is 25.7. The Kier molecular flexibility index (Phi) is 9.29. The Morgan fingerprint density at radius 3 is 1.65 bits per heavy atom. The van der Waals surface area contributed by atoms with E-state index in [9.17, 15) is 17.6 Å². The molecular formula is C38H36F4N12. The van der Waals surface area contributed by atoms with Gasteiger partial charge in [0.05, 0.1) is 47.0 Å². The standard InChI is InChI=1S/2C19H18F2N6/c1-12-10-22-13(2)17-24-16(25-27(12)17)9-19(20,21)18-23-15(11-26(18)3)14-7-5-4-6-8-14;1-12-10-22-13(2)17-24-18(25-27(12)17)19(20,21)9-16-23-15(11-26(16)3)14-7-5-4-6-8-14/h2*4-8,10-11H,9H2,1-3H3. The van der Waals surface area contributed by atoms with E-state index in [1.807, 2.05) is 60.7 Å². The number of imidazole rings is 2. The fraction of sp³-hybridized carbons (Fsp3) is 0.263. The number of fused-ring (bicyclic) bond motifs is 2. The second-order valence-electron chi connectivity index (χ2n) is 13.1. The zero-order valence-corrected chi connectivity index (χ0v) is 30.4. The van der Waals surface area contributed by atoms with Crippen LogP contribution in [-0.4, -0.2) is 58.3 Å². The Hall–Kier alpha value is -6.32. The number of rotatable bonds is 8. The molecule has 2 aromatic carbocycles. The molecule has 0 aliphatic rings. The van der Waals surface area contributed by atoms with Crippen LogP contribution in [0.2, 0.25) is 0 Å². The third-order valence-corrected chi connectivity index (χ3v) is 8.87. The number of benzene rings is 2. The summed E-state index contributed by atoms with van der Waals surface area (Å²) in [6.07, 6.45) is 5.36. The van der Waals surface area contributed by atoms with E-state index >= 15 is 0 Å². The summed E-state index contributed by atoms with van der Waals surface area (Å²) in [5.74, 6) is -6.97. The first-order valence-corrected chi connectivity index (χ1v) is 17.0. The number of nitrogens with zero attached hydrogens (tertiary/aromatic N) is 12. The third kappa shape index (κ3) is 7.06. The van der Waals surface area contributed by atoms with Crippen LogP contribution in [0.5, 0.6) is 0 Å². The Balaban J connectivity index is 0.000000167. The first-order valence-electron chi connectivity index (χ1n) is 17.0. The van der Waals surface area contributed by atoms with Crippen molar-refractivity contribution in [3.63, 3.8) is 0 Å². The fourth-order valence-corrected chi connectivity index (χ4v) is 5.99. The molecule has 0 fully saturated rings. The topological polar surface area (TPSA) is 122 Å². The molecule has 0 N–H and O–H groups in total. The maximum absolute atomic E-state index is 15.0. The van der Waals surface area contributed by atoms with E-state index in [2.05, 4.69) is 40.1 Å². The van der Waals surface area contributed by atoms with E-state index in [0.29, 0.717) is 39.8 Å². The molecule has 0 aliphatic carbocycles. The minimum atomic E-state index is -3.25. The smallest absolute Gasteiger partial charge is 0.315 e. The third-order valence-electron chi connectivity index (χ3n) is 8.87. The molecule has 12 nitrogen and oxygen atoms in total. The molecule has 6 aromatic heterocycles. The van der Waals surface area contributed by atoms with Gasteiger partial charge in [-0.05, 0) is 27.7 Å². The van der Waals surface area contributed by atoms with Gasteiger partial charge >= 0.3 is 11.8 Å². The molecule has 8 aromatic rings. The van der Waals surface area contributed by atoms with Gasteiger partial charge in [-0.2, -0.15) is 22.7 Å². The minimum Gasteiger partial charge on any atom is -0.337 e. The van der Waals surface area contributed by atoms with Crippen LogP contribution in [0.15, 0.2) is 85.5 Å². The predicted octanol–water partition coefficient (Wildman–Crippen LogP) is 6.95. The summed E-state index contributed by atoms with van der Waals surface area (Å²) < 4.78 is 65.7. The lowest BCUT2D eigenvalue weighted by Crippen LogP contribution is -2.22. The number of hydrogen-bond acceptors (Lipinski definition) is 8. The van der Waals surface area contributed by atoms with Gasteiger partial charge in [-0.1, -0.05) is 60.7 Å². The molecule has 0 amide bonds. The largest absolute Gasteiger partial charge is 0.337 e. The van der Waals surface area contributed by atoms with Crippen molar-refractivity contribution in [3.05, 3.63) is 132 Å². The SMILES string of the molecule is Cc1ncc(C)n2nc(C(F)(F)Cc3nc(-c4ccccc4)cn3C)nc12.Cc1ncc(C)n2nc(CC(F)(F)c3nc(-c4ccccc4)cn3C)nc12. The van der Waals surface area contributed by atoms with Gasteiger partial charge in [0.1, 0.15) is 5.82 Å². The molecule has 0 atom stereocenters. The van der Waals surface area contributed by atoms with Crippen molar-refractivity contribution in [2.75, 3.05) is 0 Å². The summed E-state index contributed by atoms with van der Waals surface area (Å²) in [7, 11) is 3.28. The number of alkyl halides is 4. The Morgan fingerprint density at radius 1 is 0.574 bits per heavy atom. The summed E-state index contributed by atoms with van der Waals surface area (Å²) in [5.41, 5.74) is 6.25. The summed E-state index contributed by atoms with van der Waals surface area (Å²) in [6.45, 7) is 7.05. The van der Waals surface area contributed by atoms with Gasteiger partial charge in [0.2, 0.25) is 5.82 Å². The molecule has 0 radical (unpaired) electrons. The van der Waals surface area contributed by atoms with Crippen LogP contribution in [0.3, 0.4) is 0 Å². The molecule has 16 heteroatoms. The Bertz CT molecular complexity index is 2510. The predicted molar refractivity (Wildman–Crippen MR) is 193 cm³/mol. The second kappa shape index (κ2) is 13.9. The highest BCUT2D eigenvalue weighted by molar-refractivity contribution is 5.59. The highest BCUT2D eigenvalue weighted by Crippen LogP contribution is 2.33. The molecule has 0 spiro atoms. The van der Waals surface area contributed by atoms with Gasteiger partial charge in [0, 0.05) is 50.0 Å². The van der Waals surface area contributed by atoms with Crippen LogP contribution in [0.25, 0.3) is 33.8 Å². The Labute approximate surface area is 307 Å². The van der Waals surface area contributed by atoms with E-state index in [-0.39, 0.29) is 17.5 Å². The van der Waals surface area contributed by atoms with Crippen LogP contribution >= 0.6 is 0 Å². The van der Waals surface area contributed by atoms with Crippen LogP contribution < -0.4 is 0 Å². The summed E-state index contributed by atoms with van der Waals surface area (Å²) >= 11 is 0. The van der Waals surface area contributed by atoms with Gasteiger partial charge in [-0.15, -0.1) is 5.10 Å². The van der Waals surface area contributed by atoms with E-state index in [1.54, 1.807) is 75.7 Å². The number of aryl methyl sites for hydroxylation is 6. The number of halogens is 4. The first kappa shape index (κ1) is 36.1. The highest BCUT2D eigenvalue weighted by atomic mass is 19.3. The van der Waals surface area contributed by atoms with Crippen LogP contribution in [0.1, 0.15) is 46.1 Å². The molecule has 0 aliphatic heterocycles. The van der Waals surface area contributed by atoms with E-state index < -0.39 is 30.5 Å². The van der Waals surface area contributed by atoms with Crippen molar-refractivity contribution in [1.82, 2.24) is 58.3 Å². The van der Waals surface area contributed by atoms with E-state index in [0.717, 1.165) is 16.8 Å². The highest BCUT2D eigenvalue weighted by Gasteiger charge is 2.40. The summed E-state index contributed by atoms with van der Waals surface area (Å²) in [4.78, 5) is 25.2. The van der Waals surface area contributed by atoms with Crippen molar-refractivity contribution in [1.29, 1.82) is 0 Å².